The molecule has 1 heterocycles. The van der Waals surface area contributed by atoms with Crippen LogP contribution in [0.1, 0.15) is 20.7 Å². The van der Waals surface area contributed by atoms with Gasteiger partial charge in [-0.05, 0) is 18.2 Å². The highest BCUT2D eigenvalue weighted by molar-refractivity contribution is 6.00. The zero-order valence-electron chi connectivity index (χ0n) is 8.64. The highest BCUT2D eigenvalue weighted by Crippen LogP contribution is 2.17. The second-order valence-corrected chi connectivity index (χ2v) is 3.24. The van der Waals surface area contributed by atoms with Gasteiger partial charge in [-0.3, -0.25) is 9.78 Å². The number of aldehydes is 1. The Morgan fingerprint density at radius 1 is 1.38 bits per heavy atom. The Balaban J connectivity index is 2.64. The molecule has 0 unspecified atom stereocenters. The summed E-state index contributed by atoms with van der Waals surface area (Å²) in [5, 5.41) is 0.727. The van der Waals surface area contributed by atoms with E-state index in [0.717, 1.165) is 11.7 Å². The SMILES string of the molecule is COC(=O)c1ccc2c(C=O)ccnc2c1. The molecule has 4 heteroatoms. The summed E-state index contributed by atoms with van der Waals surface area (Å²) in [4.78, 5) is 26.2. The molecule has 2 aromatic rings. The van der Waals surface area contributed by atoms with Crippen molar-refractivity contribution in [3.8, 4) is 0 Å². The first-order chi connectivity index (χ1) is 7.76. The molecule has 0 radical (unpaired) electrons. The van der Waals surface area contributed by atoms with Gasteiger partial charge in [0.1, 0.15) is 0 Å². The van der Waals surface area contributed by atoms with E-state index >= 15 is 0 Å². The van der Waals surface area contributed by atoms with E-state index in [1.807, 2.05) is 0 Å². The Morgan fingerprint density at radius 3 is 2.88 bits per heavy atom. The van der Waals surface area contributed by atoms with Gasteiger partial charge >= 0.3 is 5.97 Å². The summed E-state index contributed by atoms with van der Waals surface area (Å²) in [5.74, 6) is -0.416. The summed E-state index contributed by atoms with van der Waals surface area (Å²) >= 11 is 0. The lowest BCUT2D eigenvalue weighted by molar-refractivity contribution is 0.0601. The molecule has 0 spiro atoms. The van der Waals surface area contributed by atoms with Crippen LogP contribution in [0.25, 0.3) is 10.9 Å². The number of hydrogen-bond acceptors (Lipinski definition) is 4. The van der Waals surface area contributed by atoms with Crippen molar-refractivity contribution in [2.75, 3.05) is 7.11 Å². The van der Waals surface area contributed by atoms with Gasteiger partial charge in [0.2, 0.25) is 0 Å². The molecule has 0 aliphatic heterocycles. The zero-order chi connectivity index (χ0) is 11.5. The molecule has 0 saturated heterocycles. The summed E-state index contributed by atoms with van der Waals surface area (Å²) in [6.07, 6.45) is 2.30. The van der Waals surface area contributed by atoms with Gasteiger partial charge in [-0.1, -0.05) is 6.07 Å². The van der Waals surface area contributed by atoms with Crippen molar-refractivity contribution in [3.63, 3.8) is 0 Å². The number of benzene rings is 1. The molecule has 0 amide bonds. The van der Waals surface area contributed by atoms with Gasteiger partial charge in [0, 0.05) is 17.1 Å². The van der Waals surface area contributed by atoms with Gasteiger partial charge in [0.05, 0.1) is 18.2 Å². The largest absolute Gasteiger partial charge is 0.465 e. The minimum Gasteiger partial charge on any atom is -0.465 e. The van der Waals surface area contributed by atoms with Gasteiger partial charge < -0.3 is 4.74 Å². The fraction of sp³-hybridized carbons (Fsp3) is 0.0833. The van der Waals surface area contributed by atoms with E-state index in [1.165, 1.54) is 13.3 Å². The number of methoxy groups -OCH3 is 1. The summed E-state index contributed by atoms with van der Waals surface area (Å²) in [6, 6.07) is 6.54. The maximum Gasteiger partial charge on any atom is 0.337 e. The standard InChI is InChI=1S/C12H9NO3/c1-16-12(15)8-2-3-10-9(7-14)4-5-13-11(10)6-8/h2-7H,1H3. The van der Waals surface area contributed by atoms with Crippen LogP contribution in [0.15, 0.2) is 30.5 Å². The first-order valence-corrected chi connectivity index (χ1v) is 4.68. The summed E-state index contributed by atoms with van der Waals surface area (Å²) in [7, 11) is 1.32. The van der Waals surface area contributed by atoms with E-state index in [2.05, 4.69) is 9.72 Å². The fourth-order valence-corrected chi connectivity index (χ4v) is 1.52. The quantitative estimate of drug-likeness (QED) is 0.566. The maximum absolute atomic E-state index is 11.3. The van der Waals surface area contributed by atoms with E-state index < -0.39 is 5.97 Å². The first-order valence-electron chi connectivity index (χ1n) is 4.68. The third-order valence-corrected chi connectivity index (χ3v) is 2.32. The lowest BCUT2D eigenvalue weighted by Gasteiger charge is -2.02. The number of esters is 1. The Hall–Kier alpha value is -2.23. The summed E-state index contributed by atoms with van der Waals surface area (Å²) < 4.78 is 4.61. The van der Waals surface area contributed by atoms with Crippen molar-refractivity contribution in [2.24, 2.45) is 0 Å². The number of ether oxygens (including phenoxy) is 1. The normalized spacial score (nSPS) is 10.1. The van der Waals surface area contributed by atoms with Crippen LogP contribution in [-0.2, 0) is 4.74 Å². The Bertz CT molecular complexity index is 563. The molecule has 2 rings (SSSR count). The molecule has 1 aromatic heterocycles. The summed E-state index contributed by atoms with van der Waals surface area (Å²) in [5.41, 5.74) is 1.58. The summed E-state index contributed by atoms with van der Waals surface area (Å²) in [6.45, 7) is 0. The molecule has 1 aromatic carbocycles. The molecule has 0 saturated carbocycles. The number of nitrogens with zero attached hydrogens (tertiary/aromatic N) is 1. The van der Waals surface area contributed by atoms with Crippen LogP contribution < -0.4 is 0 Å². The molecular formula is C12H9NO3. The van der Waals surface area contributed by atoms with Crippen molar-refractivity contribution in [3.05, 3.63) is 41.6 Å². The van der Waals surface area contributed by atoms with Crippen molar-refractivity contribution in [1.82, 2.24) is 4.98 Å². The highest BCUT2D eigenvalue weighted by atomic mass is 16.5. The van der Waals surface area contributed by atoms with Crippen LogP contribution in [0.2, 0.25) is 0 Å². The topological polar surface area (TPSA) is 56.3 Å². The number of hydrogen-bond donors (Lipinski definition) is 0. The van der Waals surface area contributed by atoms with Crippen molar-refractivity contribution < 1.29 is 14.3 Å². The molecule has 80 valence electrons. The second-order valence-electron chi connectivity index (χ2n) is 3.24. The first kappa shape index (κ1) is 10.3. The lowest BCUT2D eigenvalue weighted by atomic mass is 10.1. The predicted molar refractivity (Wildman–Crippen MR) is 58.5 cm³/mol. The molecule has 16 heavy (non-hydrogen) atoms. The van der Waals surface area contributed by atoms with Crippen molar-refractivity contribution in [1.29, 1.82) is 0 Å². The maximum atomic E-state index is 11.3. The second kappa shape index (κ2) is 4.10. The number of rotatable bonds is 2. The number of fused-ring (bicyclic) bond motifs is 1. The third kappa shape index (κ3) is 1.65. The van der Waals surface area contributed by atoms with E-state index in [1.54, 1.807) is 24.3 Å². The molecule has 0 atom stereocenters. The number of carbonyl (C=O) groups is 2. The highest BCUT2D eigenvalue weighted by Gasteiger charge is 2.07. The average Bonchev–Trinajstić information content (AvgIpc) is 2.36. The van der Waals surface area contributed by atoms with Crippen LogP contribution >= 0.6 is 0 Å². The molecule has 0 bridgehead atoms. The number of carbonyl (C=O) groups excluding carboxylic acids is 2. The van der Waals surface area contributed by atoms with Crippen LogP contribution in [0, 0.1) is 0 Å². The van der Waals surface area contributed by atoms with E-state index in [-0.39, 0.29) is 0 Å². The minimum atomic E-state index is -0.416. The molecule has 0 aliphatic carbocycles. The molecule has 4 nitrogen and oxygen atoms in total. The average molecular weight is 215 g/mol. The van der Waals surface area contributed by atoms with E-state index in [9.17, 15) is 9.59 Å². The Morgan fingerprint density at radius 2 is 2.19 bits per heavy atom. The van der Waals surface area contributed by atoms with Crippen molar-refractivity contribution >= 4 is 23.2 Å². The molecule has 0 aliphatic rings. The van der Waals surface area contributed by atoms with Gasteiger partial charge in [0.15, 0.2) is 6.29 Å². The number of pyridine rings is 1. The molecule has 0 N–H and O–H groups in total. The minimum absolute atomic E-state index is 0.416. The smallest absolute Gasteiger partial charge is 0.337 e. The third-order valence-electron chi connectivity index (χ3n) is 2.32. The molecular weight excluding hydrogens is 206 g/mol. The van der Waals surface area contributed by atoms with Gasteiger partial charge in [0.25, 0.3) is 0 Å². The fourth-order valence-electron chi connectivity index (χ4n) is 1.52. The van der Waals surface area contributed by atoms with Gasteiger partial charge in [-0.2, -0.15) is 0 Å². The van der Waals surface area contributed by atoms with Crippen LogP contribution in [-0.4, -0.2) is 24.3 Å². The number of aromatic nitrogens is 1. The van der Waals surface area contributed by atoms with Crippen LogP contribution in [0.5, 0.6) is 0 Å². The van der Waals surface area contributed by atoms with Crippen LogP contribution in [0.4, 0.5) is 0 Å². The van der Waals surface area contributed by atoms with Gasteiger partial charge in [-0.15, -0.1) is 0 Å². The Kier molecular flexibility index (Phi) is 2.64. The van der Waals surface area contributed by atoms with Crippen LogP contribution in [0.3, 0.4) is 0 Å². The Labute approximate surface area is 91.9 Å². The zero-order valence-corrected chi connectivity index (χ0v) is 8.64. The van der Waals surface area contributed by atoms with E-state index in [4.69, 9.17) is 0 Å². The molecule has 0 fully saturated rings. The van der Waals surface area contributed by atoms with E-state index in [0.29, 0.717) is 16.6 Å². The van der Waals surface area contributed by atoms with Crippen molar-refractivity contribution in [2.45, 2.75) is 0 Å². The lowest BCUT2D eigenvalue weighted by Crippen LogP contribution is -2.01. The van der Waals surface area contributed by atoms with Gasteiger partial charge in [-0.25, -0.2) is 4.79 Å². The monoisotopic (exact) mass is 215 g/mol. The predicted octanol–water partition coefficient (Wildman–Crippen LogP) is 1.83.